The lowest BCUT2D eigenvalue weighted by Gasteiger charge is -2.43. The molecule has 7 heteroatoms. The number of rotatable bonds is 4. The van der Waals surface area contributed by atoms with E-state index in [-0.39, 0.29) is 6.04 Å². The van der Waals surface area contributed by atoms with Crippen LogP contribution in [0.25, 0.3) is 50.0 Å². The molecular formula is C59H37N5S2. The normalized spacial score (nSPS) is 17.5. The number of hydrogen-bond acceptors (Lipinski definition) is 7. The molecule has 0 saturated carbocycles. The van der Waals surface area contributed by atoms with Gasteiger partial charge in [-0.3, -0.25) is 4.98 Å². The second-order valence-electron chi connectivity index (χ2n) is 17.1. The number of fused-ring (bicyclic) bond motifs is 13. The fourth-order valence-corrected chi connectivity index (χ4v) is 13.4. The average Bonchev–Trinajstić information content (AvgIpc) is 3.67. The predicted octanol–water partition coefficient (Wildman–Crippen LogP) is 14.9. The van der Waals surface area contributed by atoms with Gasteiger partial charge in [0.05, 0.1) is 50.3 Å². The zero-order chi connectivity index (χ0) is 43.3. The van der Waals surface area contributed by atoms with Crippen LogP contribution in [0.2, 0.25) is 0 Å². The molecule has 3 aliphatic heterocycles. The van der Waals surface area contributed by atoms with Gasteiger partial charge in [-0.25, -0.2) is 9.97 Å². The Morgan fingerprint density at radius 1 is 0.515 bits per heavy atom. The minimum atomic E-state index is -0.608. The van der Waals surface area contributed by atoms with Crippen LogP contribution in [-0.4, -0.2) is 15.0 Å². The molecule has 5 heterocycles. The van der Waals surface area contributed by atoms with Crippen molar-refractivity contribution in [1.29, 1.82) is 0 Å². The highest BCUT2D eigenvalue weighted by Crippen LogP contribution is 2.65. The molecule has 5 nitrogen and oxygen atoms in total. The minimum Gasteiger partial charge on any atom is -0.373 e. The third-order valence-corrected chi connectivity index (χ3v) is 16.1. The maximum atomic E-state index is 5.45. The summed E-state index contributed by atoms with van der Waals surface area (Å²) in [6.45, 7) is 0. The average molecular weight is 880 g/mol. The van der Waals surface area contributed by atoms with E-state index in [1.807, 2.05) is 29.7 Å². The predicted molar refractivity (Wildman–Crippen MR) is 270 cm³/mol. The van der Waals surface area contributed by atoms with E-state index in [1.54, 1.807) is 0 Å². The van der Waals surface area contributed by atoms with Crippen molar-refractivity contribution in [3.05, 3.63) is 246 Å². The van der Waals surface area contributed by atoms with Gasteiger partial charge in [0.1, 0.15) is 0 Å². The molecule has 10 aromatic rings. The van der Waals surface area contributed by atoms with Crippen molar-refractivity contribution in [2.75, 3.05) is 4.90 Å². The molecule has 0 amide bonds. The number of allylic oxidation sites excluding steroid dienone is 2. The summed E-state index contributed by atoms with van der Waals surface area (Å²) in [7, 11) is 0. The molecule has 2 aromatic heterocycles. The number of nitrogens with one attached hydrogen (secondary N) is 1. The van der Waals surface area contributed by atoms with E-state index in [4.69, 9.17) is 15.0 Å². The molecule has 4 aliphatic rings. The molecule has 0 fully saturated rings. The number of pyridine rings is 1. The molecule has 0 saturated heterocycles. The van der Waals surface area contributed by atoms with Gasteiger partial charge in [-0.2, -0.15) is 0 Å². The van der Waals surface area contributed by atoms with E-state index in [1.165, 1.54) is 64.0 Å². The monoisotopic (exact) mass is 879 g/mol. The lowest BCUT2D eigenvalue weighted by molar-refractivity contribution is 0.691. The van der Waals surface area contributed by atoms with Gasteiger partial charge < -0.3 is 10.2 Å². The van der Waals surface area contributed by atoms with Crippen LogP contribution >= 0.6 is 23.5 Å². The summed E-state index contributed by atoms with van der Waals surface area (Å²) in [6, 6.07) is 69.5. The first kappa shape index (κ1) is 37.6. The quantitative estimate of drug-likeness (QED) is 0.189. The summed E-state index contributed by atoms with van der Waals surface area (Å²) < 4.78 is 0. The van der Waals surface area contributed by atoms with Crippen LogP contribution in [0.4, 0.5) is 17.1 Å². The Morgan fingerprint density at radius 3 is 2.18 bits per heavy atom. The lowest BCUT2D eigenvalue weighted by atomic mass is 9.66. The minimum absolute atomic E-state index is 0.177. The Hall–Kier alpha value is -7.71. The molecule has 0 radical (unpaired) electrons. The summed E-state index contributed by atoms with van der Waals surface area (Å²) in [5, 5.41) is 7.48. The van der Waals surface area contributed by atoms with Gasteiger partial charge in [0.2, 0.25) is 0 Å². The van der Waals surface area contributed by atoms with E-state index in [9.17, 15) is 0 Å². The number of benzene rings is 8. The van der Waals surface area contributed by atoms with Crippen LogP contribution in [0.1, 0.15) is 34.0 Å². The van der Waals surface area contributed by atoms with Crippen molar-refractivity contribution < 1.29 is 0 Å². The molecular weight excluding hydrogens is 843 g/mol. The van der Waals surface area contributed by atoms with Crippen molar-refractivity contribution in [2.45, 2.75) is 31.0 Å². The van der Waals surface area contributed by atoms with E-state index in [0.717, 1.165) is 50.4 Å². The Labute approximate surface area is 390 Å². The Balaban J connectivity index is 0.935. The molecule has 14 rings (SSSR count). The Kier molecular flexibility index (Phi) is 8.36. The zero-order valence-electron chi connectivity index (χ0n) is 35.4. The molecule has 1 aliphatic carbocycles. The van der Waals surface area contributed by atoms with Gasteiger partial charge in [0.15, 0.2) is 5.82 Å². The maximum Gasteiger partial charge on any atom is 0.160 e. The van der Waals surface area contributed by atoms with Crippen molar-refractivity contribution in [3.8, 4) is 22.6 Å². The van der Waals surface area contributed by atoms with Crippen molar-refractivity contribution >= 4 is 68.0 Å². The van der Waals surface area contributed by atoms with Gasteiger partial charge >= 0.3 is 0 Å². The van der Waals surface area contributed by atoms with Gasteiger partial charge in [-0.15, -0.1) is 0 Å². The smallest absolute Gasteiger partial charge is 0.160 e. The number of hydrogen-bond donors (Lipinski definition) is 1. The number of nitrogens with zero attached hydrogens (tertiary/aromatic N) is 4. The molecule has 2 unspecified atom stereocenters. The molecule has 0 bridgehead atoms. The standard InChI is InChI=1S/C59H37N5S2/c1-2-18-37(19-3-1)64-49-28-11-13-30-52(49)66-57-50(64)34-32-46-56(57)65-51-29-12-9-25-43(51)59(46)44-26-15-35-60-54(44)55-45(59)31-33-48(61-55)39-21-6-7-22-41(39)58-62-47-27-10-8-23-42(47)53(63-58)40-24-14-17-36-16-4-5-20-38(36)40/h1-35,48,61H. The highest BCUT2D eigenvalue weighted by Gasteiger charge is 2.53. The zero-order valence-corrected chi connectivity index (χ0v) is 37.0. The Bertz CT molecular complexity index is 3730. The van der Waals surface area contributed by atoms with E-state index < -0.39 is 5.41 Å². The second kappa shape index (κ2) is 14.7. The first-order valence-corrected chi connectivity index (χ1v) is 23.9. The van der Waals surface area contributed by atoms with Crippen LogP contribution in [0.15, 0.2) is 238 Å². The summed E-state index contributed by atoms with van der Waals surface area (Å²) in [4.78, 5) is 23.4. The molecule has 66 heavy (non-hydrogen) atoms. The van der Waals surface area contributed by atoms with Gasteiger partial charge in [0.25, 0.3) is 0 Å². The van der Waals surface area contributed by atoms with E-state index in [0.29, 0.717) is 5.82 Å². The van der Waals surface area contributed by atoms with Gasteiger partial charge in [-0.05, 0) is 87.1 Å². The van der Waals surface area contributed by atoms with Crippen LogP contribution in [0.3, 0.4) is 0 Å². The number of dihydropyridines is 1. The SMILES string of the molecule is C1=CC(c2ccccc2-c2nc(-c3cccc4ccccc34)c3ccccc3n2)NC2=C1C1(c3ccccc3Sc3c1ccc1c3Sc3ccccc3N1c1ccccc1)c1cccnc12. The van der Waals surface area contributed by atoms with Crippen LogP contribution < -0.4 is 10.2 Å². The first-order chi connectivity index (χ1) is 32.7. The van der Waals surface area contributed by atoms with Crippen molar-refractivity contribution in [1.82, 2.24) is 20.3 Å². The summed E-state index contributed by atoms with van der Waals surface area (Å²) in [5.74, 6) is 0.698. The summed E-state index contributed by atoms with van der Waals surface area (Å²) in [5.41, 5.74) is 14.9. The highest BCUT2D eigenvalue weighted by molar-refractivity contribution is 8.02. The van der Waals surface area contributed by atoms with Crippen LogP contribution in [-0.2, 0) is 5.41 Å². The molecule has 2 atom stereocenters. The fraction of sp³-hybridized carbons (Fsp3) is 0.0339. The molecule has 310 valence electrons. The van der Waals surface area contributed by atoms with Crippen molar-refractivity contribution in [2.24, 2.45) is 0 Å². The van der Waals surface area contributed by atoms with Gasteiger partial charge in [0, 0.05) is 43.1 Å². The summed E-state index contributed by atoms with van der Waals surface area (Å²) in [6.07, 6.45) is 6.65. The third kappa shape index (κ3) is 5.41. The van der Waals surface area contributed by atoms with Crippen molar-refractivity contribution in [3.63, 3.8) is 0 Å². The Morgan fingerprint density at radius 2 is 1.24 bits per heavy atom. The number of para-hydroxylation sites is 3. The fourth-order valence-electron chi connectivity index (χ4n) is 10.9. The number of aromatic nitrogens is 3. The molecule has 1 spiro atoms. The van der Waals surface area contributed by atoms with E-state index in [2.05, 4.69) is 216 Å². The summed E-state index contributed by atoms with van der Waals surface area (Å²) >= 11 is 3.77. The largest absolute Gasteiger partial charge is 0.373 e. The second-order valence-corrected chi connectivity index (χ2v) is 19.2. The lowest BCUT2D eigenvalue weighted by Crippen LogP contribution is -2.34. The number of anilines is 3. The third-order valence-electron chi connectivity index (χ3n) is 13.6. The van der Waals surface area contributed by atoms with Crippen LogP contribution in [0.5, 0.6) is 0 Å². The van der Waals surface area contributed by atoms with Crippen LogP contribution in [0, 0.1) is 0 Å². The molecule has 1 N–H and O–H groups in total. The first-order valence-electron chi connectivity index (χ1n) is 22.3. The maximum absolute atomic E-state index is 5.45. The highest BCUT2D eigenvalue weighted by atomic mass is 32.2. The van der Waals surface area contributed by atoms with E-state index >= 15 is 0 Å². The molecule has 8 aromatic carbocycles. The topological polar surface area (TPSA) is 53.9 Å². The van der Waals surface area contributed by atoms with Gasteiger partial charge in [-0.1, -0.05) is 181 Å².